The smallest absolute Gasteiger partial charge is 0.317 e. The Hall–Kier alpha value is -3.80. The second-order valence-corrected chi connectivity index (χ2v) is 13.9. The molecule has 3 heterocycles. The quantitative estimate of drug-likeness (QED) is 0.0956. The molecule has 1 fully saturated rings. The highest BCUT2D eigenvalue weighted by molar-refractivity contribution is 8.00. The van der Waals surface area contributed by atoms with E-state index in [1.165, 1.54) is 6.33 Å². The third-order valence-electron chi connectivity index (χ3n) is 8.78. The topological polar surface area (TPSA) is 101 Å². The van der Waals surface area contributed by atoms with E-state index in [9.17, 15) is 9.90 Å². The molecule has 5 aromatic rings. The Morgan fingerprint density at radius 3 is 2.49 bits per heavy atom. The van der Waals surface area contributed by atoms with Crippen molar-refractivity contribution in [1.82, 2.24) is 19.8 Å². The number of carbonyl (C=O) groups is 1. The average Bonchev–Trinajstić information content (AvgIpc) is 3.50. The van der Waals surface area contributed by atoms with E-state index in [0.29, 0.717) is 56.5 Å². The number of furan rings is 1. The summed E-state index contributed by atoms with van der Waals surface area (Å²) >= 11 is 14.5. The number of halogens is 2. The molecule has 12 heteroatoms. The Labute approximate surface area is 300 Å². The Kier molecular flexibility index (Phi) is 11.3. The van der Waals surface area contributed by atoms with Crippen LogP contribution in [0.2, 0.25) is 10.0 Å². The van der Waals surface area contributed by atoms with Crippen molar-refractivity contribution in [2.45, 2.75) is 30.0 Å². The molecule has 49 heavy (non-hydrogen) atoms. The van der Waals surface area contributed by atoms with Crippen molar-refractivity contribution >= 4 is 52.0 Å². The maximum Gasteiger partial charge on any atom is 0.317 e. The van der Waals surface area contributed by atoms with Crippen LogP contribution in [0.25, 0.3) is 33.6 Å². The van der Waals surface area contributed by atoms with E-state index in [2.05, 4.69) is 26.8 Å². The summed E-state index contributed by atoms with van der Waals surface area (Å²) < 4.78 is 18.2. The molecule has 1 atom stereocenters. The molecule has 0 spiro atoms. The molecular formula is C37H38Cl2N4O5S. The lowest BCUT2D eigenvalue weighted by atomic mass is 9.94. The number of methoxy groups -OCH3 is 1. The Morgan fingerprint density at radius 1 is 1.02 bits per heavy atom. The number of fused-ring (bicyclic) bond motifs is 1. The molecule has 1 unspecified atom stereocenters. The summed E-state index contributed by atoms with van der Waals surface area (Å²) in [7, 11) is 3.72. The molecule has 1 N–H and O–H groups in total. The van der Waals surface area contributed by atoms with Gasteiger partial charge in [0.05, 0.1) is 17.5 Å². The summed E-state index contributed by atoms with van der Waals surface area (Å²) in [6.45, 7) is 7.49. The van der Waals surface area contributed by atoms with Crippen LogP contribution in [-0.4, -0.2) is 89.6 Å². The first-order chi connectivity index (χ1) is 23.8. The van der Waals surface area contributed by atoms with Gasteiger partial charge in [-0.05, 0) is 73.0 Å². The highest BCUT2D eigenvalue weighted by atomic mass is 35.5. The van der Waals surface area contributed by atoms with E-state index in [1.54, 1.807) is 19.2 Å². The van der Waals surface area contributed by atoms with E-state index in [-0.39, 0.29) is 6.42 Å². The molecule has 256 valence electrons. The van der Waals surface area contributed by atoms with Crippen LogP contribution < -0.4 is 9.47 Å². The van der Waals surface area contributed by atoms with Crippen LogP contribution in [0, 0.1) is 0 Å². The lowest BCUT2D eigenvalue weighted by molar-refractivity contribution is -0.136. The molecule has 0 radical (unpaired) electrons. The molecule has 0 aliphatic carbocycles. The number of nitrogens with zero attached hydrogens (tertiary/aromatic N) is 4. The van der Waals surface area contributed by atoms with Crippen molar-refractivity contribution in [2.24, 2.45) is 0 Å². The first kappa shape index (κ1) is 35.0. The predicted octanol–water partition coefficient (Wildman–Crippen LogP) is 7.85. The van der Waals surface area contributed by atoms with E-state index >= 15 is 0 Å². The molecule has 1 aliphatic heterocycles. The molecule has 1 saturated heterocycles. The van der Waals surface area contributed by atoms with Crippen LogP contribution in [0.15, 0.2) is 76.4 Å². The number of hydrogen-bond acceptors (Lipinski definition) is 9. The van der Waals surface area contributed by atoms with Gasteiger partial charge in [0.2, 0.25) is 5.71 Å². The normalized spacial score (nSPS) is 14.6. The van der Waals surface area contributed by atoms with E-state index in [0.717, 1.165) is 72.3 Å². The monoisotopic (exact) mass is 720 g/mol. The van der Waals surface area contributed by atoms with Gasteiger partial charge in [0.25, 0.3) is 0 Å². The van der Waals surface area contributed by atoms with Gasteiger partial charge in [-0.25, -0.2) is 9.97 Å². The van der Waals surface area contributed by atoms with Crippen LogP contribution in [0.1, 0.15) is 18.1 Å². The van der Waals surface area contributed by atoms with E-state index < -0.39 is 11.2 Å². The van der Waals surface area contributed by atoms with Gasteiger partial charge in [-0.15, -0.1) is 0 Å². The molecule has 0 bridgehead atoms. The summed E-state index contributed by atoms with van der Waals surface area (Å²) in [6, 6.07) is 18.7. The number of carboxylic acid groups (broad SMARTS) is 1. The molecule has 2 aromatic heterocycles. The predicted molar refractivity (Wildman–Crippen MR) is 195 cm³/mol. The van der Waals surface area contributed by atoms with Crippen LogP contribution in [-0.2, 0) is 17.6 Å². The minimum absolute atomic E-state index is 0.221. The summed E-state index contributed by atoms with van der Waals surface area (Å²) in [5.74, 6) is 0.830. The summed E-state index contributed by atoms with van der Waals surface area (Å²) in [5.41, 5.74) is 4.33. The van der Waals surface area contributed by atoms with Crippen LogP contribution in [0.3, 0.4) is 0 Å². The van der Waals surface area contributed by atoms with Crippen LogP contribution in [0.4, 0.5) is 0 Å². The number of aliphatic carboxylic acids is 1. The Bertz CT molecular complexity index is 1930. The Balaban J connectivity index is 1.41. The minimum atomic E-state index is -0.971. The molecule has 6 rings (SSSR count). The summed E-state index contributed by atoms with van der Waals surface area (Å²) in [4.78, 5) is 26.5. The number of carboxylic acids is 1. The van der Waals surface area contributed by atoms with Gasteiger partial charge in [0.15, 0.2) is 0 Å². The lowest BCUT2D eigenvalue weighted by Gasteiger charge is -2.32. The van der Waals surface area contributed by atoms with E-state index in [4.69, 9.17) is 37.1 Å². The zero-order valence-corrected chi connectivity index (χ0v) is 29.9. The molecule has 1 aliphatic rings. The number of hydrogen-bond donors (Lipinski definition) is 1. The number of para-hydroxylation sites is 1. The minimum Gasteiger partial charge on any atom is -0.496 e. The van der Waals surface area contributed by atoms with Crippen molar-refractivity contribution in [1.29, 1.82) is 0 Å². The lowest BCUT2D eigenvalue weighted by Crippen LogP contribution is -2.45. The van der Waals surface area contributed by atoms with Gasteiger partial charge in [-0.2, -0.15) is 0 Å². The number of ether oxygens (including phenoxy) is 2. The van der Waals surface area contributed by atoms with Crippen molar-refractivity contribution in [3.05, 3.63) is 88.2 Å². The number of piperazine rings is 1. The Morgan fingerprint density at radius 2 is 1.78 bits per heavy atom. The summed E-state index contributed by atoms with van der Waals surface area (Å²) in [6.07, 6.45) is 2.23. The fraction of sp³-hybridized carbons (Fsp3) is 0.324. The second-order valence-electron chi connectivity index (χ2n) is 11.9. The zero-order valence-electron chi connectivity index (χ0n) is 27.6. The third kappa shape index (κ3) is 7.84. The molecule has 3 aromatic carbocycles. The maximum atomic E-state index is 12.7. The van der Waals surface area contributed by atoms with Gasteiger partial charge in [0, 0.05) is 48.9 Å². The maximum absolute atomic E-state index is 12.7. The first-order valence-corrected chi connectivity index (χ1v) is 17.8. The molecular weight excluding hydrogens is 683 g/mol. The van der Waals surface area contributed by atoms with Crippen molar-refractivity contribution in [3.63, 3.8) is 0 Å². The number of likely N-dealkylation sites (N-methyl/N-ethyl adjacent to an activating group) is 1. The van der Waals surface area contributed by atoms with Gasteiger partial charge >= 0.3 is 5.97 Å². The molecule has 0 amide bonds. The van der Waals surface area contributed by atoms with Gasteiger partial charge in [0.1, 0.15) is 40.5 Å². The van der Waals surface area contributed by atoms with E-state index in [1.807, 2.05) is 55.5 Å². The van der Waals surface area contributed by atoms with Crippen molar-refractivity contribution in [2.75, 3.05) is 53.5 Å². The SMILES string of the molecule is CCc1c(-c2c(-c3ccc(Cl)cc3)oc3ncnc(SC(Cc4ccccc4OC)C(=O)O)c23)ccc(OCCN2CCN(C)CC2)c1Cl. The average molecular weight is 722 g/mol. The van der Waals surface area contributed by atoms with Crippen molar-refractivity contribution < 1.29 is 23.8 Å². The molecule has 0 saturated carbocycles. The highest BCUT2D eigenvalue weighted by Gasteiger charge is 2.29. The van der Waals surface area contributed by atoms with Gasteiger partial charge in [-0.3, -0.25) is 9.69 Å². The highest BCUT2D eigenvalue weighted by Crippen LogP contribution is 2.47. The molecule has 9 nitrogen and oxygen atoms in total. The van der Waals surface area contributed by atoms with Gasteiger partial charge in [-0.1, -0.05) is 66.2 Å². The number of aromatic nitrogens is 2. The fourth-order valence-corrected chi connectivity index (χ4v) is 7.62. The number of rotatable bonds is 13. The largest absolute Gasteiger partial charge is 0.496 e. The first-order valence-electron chi connectivity index (χ1n) is 16.2. The standard InChI is InChI=1S/C37H38Cl2N4O5S/c1-4-26-27(13-14-29(33(26)39)47-20-19-43-17-15-42(2)16-18-43)31-32-35(48-34(31)23-9-11-25(38)12-10-23)40-22-41-36(32)49-30(37(44)45)21-24-7-5-6-8-28(24)46-3/h5-14,22,30H,4,15-21H2,1-3H3,(H,44,45). The van der Waals surface area contributed by atoms with Crippen LogP contribution in [0.5, 0.6) is 11.5 Å². The number of benzene rings is 3. The summed E-state index contributed by atoms with van der Waals surface area (Å²) in [5, 5.41) is 11.7. The zero-order chi connectivity index (χ0) is 34.5. The van der Waals surface area contributed by atoms with Crippen LogP contribution >= 0.6 is 35.0 Å². The van der Waals surface area contributed by atoms with Crippen molar-refractivity contribution in [3.8, 4) is 33.9 Å². The second kappa shape index (κ2) is 15.8. The third-order valence-corrected chi connectivity index (χ3v) is 10.6. The van der Waals surface area contributed by atoms with Gasteiger partial charge < -0.3 is 23.9 Å². The fourth-order valence-electron chi connectivity index (χ4n) is 6.09. The number of thioether (sulfide) groups is 1.